The molecular formula is C30H33N7O6S. The van der Waals surface area contributed by atoms with Gasteiger partial charge in [-0.1, -0.05) is 49.3 Å². The molecule has 0 saturated carbocycles. The topological polar surface area (TPSA) is 173 Å². The number of nitrogens with one attached hydrogen (secondary N) is 3. The third-order valence-corrected chi connectivity index (χ3v) is 8.11. The van der Waals surface area contributed by atoms with Gasteiger partial charge in [0.25, 0.3) is 17.7 Å². The monoisotopic (exact) mass is 619 g/mol. The van der Waals surface area contributed by atoms with Crippen LogP contribution in [0.1, 0.15) is 85.2 Å². The van der Waals surface area contributed by atoms with Crippen LogP contribution >= 0.6 is 11.3 Å². The highest BCUT2D eigenvalue weighted by atomic mass is 32.1. The molecule has 0 spiro atoms. The van der Waals surface area contributed by atoms with Gasteiger partial charge in [0.2, 0.25) is 11.8 Å². The van der Waals surface area contributed by atoms with Crippen molar-refractivity contribution in [3.05, 3.63) is 86.8 Å². The minimum Gasteiger partial charge on any atom is -0.446 e. The average Bonchev–Trinajstić information content (AvgIpc) is 3.75. The molecule has 3 aromatic heterocycles. The number of carbonyl (C=O) groups excluding carboxylic acids is 4. The van der Waals surface area contributed by atoms with Crippen LogP contribution in [0.3, 0.4) is 0 Å². The van der Waals surface area contributed by atoms with E-state index in [0.29, 0.717) is 22.9 Å². The number of fused-ring (bicyclic) bond motifs is 4. The summed E-state index contributed by atoms with van der Waals surface area (Å²) in [6, 6.07) is 8.29. The standard InChI is InChI=1S/C30H33N7O6S/c1-16(2)25-29-34-22(15-44-29)27(40)32-20(12-19-8-6-5-7-9-19)28-33-21(14-42-28)26(39)31-10-11-37(13-23(38)35-25)30(41)24-17(3)36-43-18(24)4/h5-9,14-16,20,25H,10-13H2,1-4H3,(H,31,39)(H,32,40)(H,35,38)/t20-,25-/m0/s1. The lowest BCUT2D eigenvalue weighted by Crippen LogP contribution is -2.45. The molecule has 0 saturated heterocycles. The first-order valence-corrected chi connectivity index (χ1v) is 15.0. The highest BCUT2D eigenvalue weighted by molar-refractivity contribution is 7.09. The predicted molar refractivity (Wildman–Crippen MR) is 159 cm³/mol. The van der Waals surface area contributed by atoms with Crippen molar-refractivity contribution in [3.63, 3.8) is 0 Å². The Balaban J connectivity index is 1.48. The van der Waals surface area contributed by atoms with Crippen molar-refractivity contribution in [1.82, 2.24) is 36.0 Å². The molecular weight excluding hydrogens is 586 g/mol. The Morgan fingerprint density at radius 3 is 2.55 bits per heavy atom. The van der Waals surface area contributed by atoms with Gasteiger partial charge >= 0.3 is 0 Å². The summed E-state index contributed by atoms with van der Waals surface area (Å²) >= 11 is 1.25. The fraction of sp³-hybridized carbons (Fsp3) is 0.367. The van der Waals surface area contributed by atoms with Crippen LogP contribution in [0.15, 0.2) is 50.9 Å². The molecule has 1 aromatic carbocycles. The van der Waals surface area contributed by atoms with Crippen molar-refractivity contribution in [2.24, 2.45) is 5.92 Å². The summed E-state index contributed by atoms with van der Waals surface area (Å²) in [6.45, 7) is 6.87. The Labute approximate surface area is 257 Å². The predicted octanol–water partition coefficient (Wildman–Crippen LogP) is 3.15. The lowest BCUT2D eigenvalue weighted by Gasteiger charge is -2.25. The molecule has 230 valence electrons. The summed E-state index contributed by atoms with van der Waals surface area (Å²) in [6.07, 6.45) is 1.58. The van der Waals surface area contributed by atoms with Crippen molar-refractivity contribution in [3.8, 4) is 0 Å². The highest BCUT2D eigenvalue weighted by Gasteiger charge is 2.30. The SMILES string of the molecule is Cc1noc(C)c1C(=O)N1CCNC(=O)c2coc(n2)[C@H](Cc2ccccc2)NC(=O)c2csc(n2)[C@H](C(C)C)NC(=O)C1. The summed E-state index contributed by atoms with van der Waals surface area (Å²) in [5.41, 5.74) is 1.75. The maximum Gasteiger partial charge on any atom is 0.273 e. The minimum atomic E-state index is -0.695. The van der Waals surface area contributed by atoms with Crippen molar-refractivity contribution in [2.75, 3.05) is 19.6 Å². The van der Waals surface area contributed by atoms with Crippen molar-refractivity contribution >= 4 is 35.0 Å². The Morgan fingerprint density at radius 1 is 1.07 bits per heavy atom. The Morgan fingerprint density at radius 2 is 1.84 bits per heavy atom. The van der Waals surface area contributed by atoms with E-state index in [2.05, 4.69) is 31.1 Å². The van der Waals surface area contributed by atoms with Crippen LogP contribution in [-0.4, -0.2) is 63.3 Å². The zero-order valence-corrected chi connectivity index (χ0v) is 25.6. The summed E-state index contributed by atoms with van der Waals surface area (Å²) in [5.74, 6) is -1.47. The molecule has 2 atom stereocenters. The normalized spacial score (nSPS) is 18.3. The zero-order chi connectivity index (χ0) is 31.4. The van der Waals surface area contributed by atoms with Crippen LogP contribution in [0.5, 0.6) is 0 Å². The van der Waals surface area contributed by atoms with Crippen molar-refractivity contribution in [2.45, 2.75) is 46.2 Å². The first kappa shape index (κ1) is 30.6. The van der Waals surface area contributed by atoms with Crippen molar-refractivity contribution in [1.29, 1.82) is 0 Å². The number of rotatable bonds is 4. The second-order valence-electron chi connectivity index (χ2n) is 10.8. The molecule has 14 heteroatoms. The number of hydrogen-bond donors (Lipinski definition) is 3. The number of hydrogen-bond acceptors (Lipinski definition) is 10. The second-order valence-corrected chi connectivity index (χ2v) is 11.7. The molecule has 1 aliphatic heterocycles. The van der Waals surface area contributed by atoms with Gasteiger partial charge in [0, 0.05) is 24.9 Å². The number of carbonyl (C=O) groups is 4. The maximum atomic E-state index is 13.5. The molecule has 3 N–H and O–H groups in total. The minimum absolute atomic E-state index is 0.00508. The maximum absolute atomic E-state index is 13.5. The summed E-state index contributed by atoms with van der Waals surface area (Å²) in [5, 5.41) is 14.7. The molecule has 0 fully saturated rings. The number of oxazole rings is 1. The smallest absolute Gasteiger partial charge is 0.273 e. The van der Waals surface area contributed by atoms with Gasteiger partial charge in [-0.25, -0.2) is 9.97 Å². The number of aromatic nitrogens is 3. The van der Waals surface area contributed by atoms with Gasteiger partial charge in [-0.05, 0) is 25.3 Å². The van der Waals surface area contributed by atoms with Crippen LogP contribution in [0.25, 0.3) is 0 Å². The van der Waals surface area contributed by atoms with Gasteiger partial charge in [0.1, 0.15) is 34.3 Å². The molecule has 4 heterocycles. The Kier molecular flexibility index (Phi) is 9.18. The molecule has 5 rings (SSSR count). The second kappa shape index (κ2) is 13.2. The number of thiazole rings is 1. The average molecular weight is 620 g/mol. The van der Waals surface area contributed by atoms with E-state index in [1.165, 1.54) is 22.5 Å². The van der Waals surface area contributed by atoms with E-state index in [0.717, 1.165) is 5.56 Å². The quantitative estimate of drug-likeness (QED) is 0.310. The van der Waals surface area contributed by atoms with Crippen molar-refractivity contribution < 1.29 is 28.1 Å². The molecule has 44 heavy (non-hydrogen) atoms. The van der Waals surface area contributed by atoms with Gasteiger partial charge in [0.05, 0.1) is 18.3 Å². The molecule has 0 radical (unpaired) electrons. The summed E-state index contributed by atoms with van der Waals surface area (Å²) in [4.78, 5) is 63.5. The number of benzene rings is 1. The molecule has 0 aliphatic carbocycles. The third kappa shape index (κ3) is 6.86. The molecule has 13 nitrogen and oxygen atoms in total. The van der Waals surface area contributed by atoms with E-state index >= 15 is 0 Å². The Bertz CT molecular complexity index is 1640. The van der Waals surface area contributed by atoms with Gasteiger partial charge < -0.3 is 29.8 Å². The molecule has 0 unspecified atom stereocenters. The van der Waals surface area contributed by atoms with E-state index in [-0.39, 0.29) is 48.4 Å². The fourth-order valence-corrected chi connectivity index (χ4v) is 5.89. The first-order valence-electron chi connectivity index (χ1n) is 14.2. The molecule has 4 aromatic rings. The van der Waals surface area contributed by atoms with E-state index < -0.39 is 35.7 Å². The lowest BCUT2D eigenvalue weighted by molar-refractivity contribution is -0.122. The van der Waals surface area contributed by atoms with E-state index in [9.17, 15) is 19.2 Å². The van der Waals surface area contributed by atoms with Gasteiger partial charge in [-0.2, -0.15) is 0 Å². The largest absolute Gasteiger partial charge is 0.446 e. The third-order valence-electron chi connectivity index (χ3n) is 7.18. The summed E-state index contributed by atoms with van der Waals surface area (Å²) < 4.78 is 10.9. The fourth-order valence-electron chi connectivity index (χ4n) is 4.87. The summed E-state index contributed by atoms with van der Waals surface area (Å²) in [7, 11) is 0. The number of amides is 4. The van der Waals surface area contributed by atoms with Gasteiger partial charge in [-0.15, -0.1) is 11.3 Å². The highest BCUT2D eigenvalue weighted by Crippen LogP contribution is 2.26. The Hall–Kier alpha value is -4.85. The van der Waals surface area contributed by atoms with Crippen LogP contribution in [0, 0.1) is 19.8 Å². The number of nitrogens with zero attached hydrogens (tertiary/aromatic N) is 4. The molecule has 4 bridgehead atoms. The molecule has 1 aliphatic rings. The van der Waals surface area contributed by atoms with Gasteiger partial charge in [0.15, 0.2) is 5.69 Å². The van der Waals surface area contributed by atoms with Crippen LogP contribution in [0.2, 0.25) is 0 Å². The molecule has 4 amide bonds. The zero-order valence-electron chi connectivity index (χ0n) is 24.7. The van der Waals surface area contributed by atoms with E-state index in [1.807, 2.05) is 44.2 Å². The number of aryl methyl sites for hydroxylation is 2. The van der Waals surface area contributed by atoms with E-state index in [4.69, 9.17) is 8.94 Å². The van der Waals surface area contributed by atoms with Crippen LogP contribution in [0.4, 0.5) is 0 Å². The van der Waals surface area contributed by atoms with E-state index in [1.54, 1.807) is 19.2 Å². The van der Waals surface area contributed by atoms with Gasteiger partial charge in [-0.3, -0.25) is 19.2 Å². The first-order chi connectivity index (χ1) is 21.1. The van der Waals surface area contributed by atoms with Crippen LogP contribution in [-0.2, 0) is 11.2 Å². The van der Waals surface area contributed by atoms with Crippen LogP contribution < -0.4 is 16.0 Å². The lowest BCUT2D eigenvalue weighted by atomic mass is 10.0.